The van der Waals surface area contributed by atoms with Crippen molar-refractivity contribution >= 4 is 17.8 Å². The summed E-state index contributed by atoms with van der Waals surface area (Å²) in [4.78, 5) is 45.7. The summed E-state index contributed by atoms with van der Waals surface area (Å²) in [6.07, 6.45) is -8.18. The van der Waals surface area contributed by atoms with Crippen LogP contribution in [0.3, 0.4) is 0 Å². The third-order valence-electron chi connectivity index (χ3n) is 7.44. The fourth-order valence-corrected chi connectivity index (χ4v) is 4.85. The first-order valence-corrected chi connectivity index (χ1v) is 13.1. The zero-order chi connectivity index (χ0) is 32.4. The molecule has 16 heteroatoms. The maximum absolute atomic E-state index is 15.7. The van der Waals surface area contributed by atoms with Crippen LogP contribution in [0.5, 0.6) is 0 Å². The van der Waals surface area contributed by atoms with E-state index in [1.54, 1.807) is 25.5 Å². The summed E-state index contributed by atoms with van der Waals surface area (Å²) in [5.41, 5.74) is -1.14. The van der Waals surface area contributed by atoms with Crippen LogP contribution < -0.4 is 5.49 Å². The molecular formula is C27H30F7N5O4. The Kier molecular flexibility index (Phi) is 9.91. The summed E-state index contributed by atoms with van der Waals surface area (Å²) in [5, 5.41) is 7.12. The number of halogens is 7. The van der Waals surface area contributed by atoms with E-state index in [4.69, 9.17) is 9.90 Å². The Morgan fingerprint density at radius 1 is 1.07 bits per heavy atom. The second kappa shape index (κ2) is 12.7. The minimum Gasteiger partial charge on any atom is -0.475 e. The molecule has 1 aromatic carbocycles. The molecule has 0 unspecified atom stereocenters. The molecule has 2 amide bonds. The predicted octanol–water partition coefficient (Wildman–Crippen LogP) is 4.29. The normalized spacial score (nSPS) is 17.3. The van der Waals surface area contributed by atoms with Gasteiger partial charge in [-0.25, -0.2) is 27.3 Å². The maximum atomic E-state index is 15.7. The lowest BCUT2D eigenvalue weighted by atomic mass is 9.91. The van der Waals surface area contributed by atoms with Crippen LogP contribution >= 0.6 is 0 Å². The molecule has 0 aliphatic carbocycles. The highest BCUT2D eigenvalue weighted by Crippen LogP contribution is 2.33. The minimum absolute atomic E-state index is 0.0140. The quantitative estimate of drug-likeness (QED) is 0.513. The second-order valence-electron chi connectivity index (χ2n) is 10.3. The van der Waals surface area contributed by atoms with E-state index in [0.717, 1.165) is 11.8 Å². The molecular weight excluding hydrogens is 591 g/mol. The molecule has 1 N–H and O–H groups in total. The number of alkyl halides is 6. The van der Waals surface area contributed by atoms with E-state index in [1.807, 2.05) is 0 Å². The van der Waals surface area contributed by atoms with Crippen LogP contribution in [-0.4, -0.2) is 67.2 Å². The monoisotopic (exact) mass is 621 g/mol. The average Bonchev–Trinajstić information content (AvgIpc) is 3.37. The first-order chi connectivity index (χ1) is 19.9. The van der Waals surface area contributed by atoms with Gasteiger partial charge in [-0.3, -0.25) is 14.6 Å². The van der Waals surface area contributed by atoms with Crippen LogP contribution in [0.4, 0.5) is 30.7 Å². The van der Waals surface area contributed by atoms with Gasteiger partial charge in [0.1, 0.15) is 11.6 Å². The number of fused-ring (bicyclic) bond motifs is 1. The Morgan fingerprint density at radius 3 is 2.14 bits per heavy atom. The number of carboxylic acid groups (broad SMARTS) is 1. The van der Waals surface area contributed by atoms with E-state index >= 15 is 4.39 Å². The molecule has 0 spiro atoms. The van der Waals surface area contributed by atoms with E-state index in [2.05, 4.69) is 9.98 Å². The van der Waals surface area contributed by atoms with Crippen molar-refractivity contribution in [2.45, 2.75) is 71.0 Å². The number of carbonyl (C=O) groups excluding carboxylic acids is 2. The highest BCUT2D eigenvalue weighted by atomic mass is 19.4. The second-order valence-corrected chi connectivity index (χ2v) is 10.3. The summed E-state index contributed by atoms with van der Waals surface area (Å²) in [5.74, 6) is -3.98. The molecule has 2 aromatic rings. The number of hydrogen-bond donors (Lipinski definition) is 1. The molecule has 0 saturated carbocycles. The molecule has 1 saturated heterocycles. The van der Waals surface area contributed by atoms with Crippen molar-refractivity contribution in [3.05, 3.63) is 57.7 Å². The molecule has 1 atom stereocenters. The van der Waals surface area contributed by atoms with E-state index in [1.165, 1.54) is 28.9 Å². The Hall–Kier alpha value is -3.98. The van der Waals surface area contributed by atoms with E-state index in [-0.39, 0.29) is 56.0 Å². The molecule has 0 bridgehead atoms. The van der Waals surface area contributed by atoms with Crippen LogP contribution in [-0.2, 0) is 34.5 Å². The fourth-order valence-electron chi connectivity index (χ4n) is 4.85. The van der Waals surface area contributed by atoms with Gasteiger partial charge in [0.2, 0.25) is 5.91 Å². The topological polar surface area (TPSA) is 108 Å². The van der Waals surface area contributed by atoms with Crippen LogP contribution in [0.1, 0.15) is 67.4 Å². The van der Waals surface area contributed by atoms with Crippen LogP contribution in [0, 0.1) is 12.7 Å². The van der Waals surface area contributed by atoms with Crippen molar-refractivity contribution in [1.82, 2.24) is 19.4 Å². The smallest absolute Gasteiger partial charge is 0.475 e. The highest BCUT2D eigenvalue weighted by molar-refractivity contribution is 5.86. The van der Waals surface area contributed by atoms with E-state index < -0.39 is 47.6 Å². The van der Waals surface area contributed by atoms with Gasteiger partial charge >= 0.3 is 12.1 Å². The SMILES string of the molecule is CC(=O)N1CCC(F)(C(=O)N2Cc3c(n(C)c(C)nc3=N[C@H](C)c3cccc(C(F)F)c3F)C2)CC1.O=C(O)C(F)(F)F. The van der Waals surface area contributed by atoms with Crippen LogP contribution in [0.15, 0.2) is 23.2 Å². The van der Waals surface area contributed by atoms with Crippen LogP contribution in [0.2, 0.25) is 0 Å². The Morgan fingerprint density at radius 2 is 1.63 bits per heavy atom. The zero-order valence-electron chi connectivity index (χ0n) is 23.7. The largest absolute Gasteiger partial charge is 0.490 e. The molecule has 0 radical (unpaired) electrons. The van der Waals surface area contributed by atoms with Gasteiger partial charge in [-0.1, -0.05) is 18.2 Å². The lowest BCUT2D eigenvalue weighted by Crippen LogP contribution is -2.52. The summed E-state index contributed by atoms with van der Waals surface area (Å²) >= 11 is 0. The van der Waals surface area contributed by atoms with Crippen molar-refractivity contribution in [1.29, 1.82) is 0 Å². The number of aryl methyl sites for hydroxylation is 1. The number of piperidine rings is 1. The number of benzene rings is 1. The van der Waals surface area contributed by atoms with Crippen molar-refractivity contribution in [2.24, 2.45) is 12.0 Å². The number of aromatic nitrogens is 2. The standard InChI is InChI=1S/C25H29F4N5O2.C2HF3O2/c1-14(17-6-5-7-18(21(17)26)22(27)28)30-23-19-12-34(13-20(19)32(4)15(2)31-23)24(36)25(29)8-10-33(11-9-25)16(3)35;3-2(4,5)1(6)7/h5-7,14,22H,8-13H2,1-4H3;(H,6,7)/t14-;/m1./s1. The van der Waals surface area contributed by atoms with Crippen molar-refractivity contribution < 1.29 is 50.2 Å². The summed E-state index contributed by atoms with van der Waals surface area (Å²) < 4.78 is 90.2. The Labute approximate surface area is 241 Å². The molecule has 2 aliphatic heterocycles. The third-order valence-corrected chi connectivity index (χ3v) is 7.44. The van der Waals surface area contributed by atoms with Crippen molar-refractivity contribution in [3.8, 4) is 0 Å². The highest BCUT2D eigenvalue weighted by Gasteiger charge is 2.46. The molecule has 2 aliphatic rings. The molecule has 3 heterocycles. The van der Waals surface area contributed by atoms with Gasteiger partial charge < -0.3 is 19.5 Å². The van der Waals surface area contributed by atoms with Gasteiger partial charge in [0, 0.05) is 56.7 Å². The minimum atomic E-state index is -5.08. The number of nitrogens with zero attached hydrogens (tertiary/aromatic N) is 5. The molecule has 9 nitrogen and oxygen atoms in total. The first kappa shape index (κ1) is 33.5. The lowest BCUT2D eigenvalue weighted by molar-refractivity contribution is -0.192. The molecule has 1 fully saturated rings. The van der Waals surface area contributed by atoms with Gasteiger partial charge in [0.15, 0.2) is 11.2 Å². The number of hydrogen-bond acceptors (Lipinski definition) is 5. The maximum Gasteiger partial charge on any atom is 0.490 e. The summed E-state index contributed by atoms with van der Waals surface area (Å²) in [7, 11) is 1.78. The van der Waals surface area contributed by atoms with Crippen molar-refractivity contribution in [2.75, 3.05) is 13.1 Å². The van der Waals surface area contributed by atoms with Gasteiger partial charge in [0.25, 0.3) is 12.3 Å². The van der Waals surface area contributed by atoms with Gasteiger partial charge in [-0.2, -0.15) is 13.2 Å². The molecule has 4 rings (SSSR count). The van der Waals surface area contributed by atoms with Gasteiger partial charge in [-0.05, 0) is 13.8 Å². The number of aliphatic carboxylic acids is 1. The number of amides is 2. The van der Waals surface area contributed by atoms with Crippen molar-refractivity contribution in [3.63, 3.8) is 0 Å². The number of carboxylic acids is 1. The van der Waals surface area contributed by atoms with Gasteiger partial charge in [-0.15, -0.1) is 0 Å². The van der Waals surface area contributed by atoms with Crippen LogP contribution in [0.25, 0.3) is 0 Å². The van der Waals surface area contributed by atoms with E-state index in [0.29, 0.717) is 11.4 Å². The lowest BCUT2D eigenvalue weighted by Gasteiger charge is -2.36. The van der Waals surface area contributed by atoms with Gasteiger partial charge in [0.05, 0.1) is 24.7 Å². The number of likely N-dealkylation sites (tertiary alicyclic amines) is 1. The summed E-state index contributed by atoms with van der Waals surface area (Å²) in [6, 6.07) is 2.98. The molecule has 236 valence electrons. The Bertz CT molecular complexity index is 1470. The van der Waals surface area contributed by atoms with E-state index in [9.17, 15) is 35.9 Å². The average molecular weight is 622 g/mol. The summed E-state index contributed by atoms with van der Waals surface area (Å²) in [6.45, 7) is 5.33. The fraction of sp³-hybridized carbons (Fsp3) is 0.519. The number of rotatable bonds is 4. The number of carbonyl (C=O) groups is 3. The molecule has 43 heavy (non-hydrogen) atoms. The Balaban J connectivity index is 0.000000646. The molecule has 1 aromatic heterocycles. The first-order valence-electron chi connectivity index (χ1n) is 13.1. The zero-order valence-corrected chi connectivity index (χ0v) is 23.7. The third kappa shape index (κ3) is 7.33. The predicted molar refractivity (Wildman–Crippen MR) is 137 cm³/mol.